The number of likely N-dealkylation sites (tertiary alicyclic amines) is 2. The minimum Gasteiger partial charge on any atom is -0.453 e. The molecule has 2 aromatic heterocycles. The molecule has 2 bridgehead atoms. The second-order valence-electron chi connectivity index (χ2n) is 29.4. The number of aromatic nitrogens is 4. The lowest BCUT2D eigenvalue weighted by Crippen LogP contribution is -2.72. The first-order valence-electron chi connectivity index (χ1n) is 29.0. The van der Waals surface area contributed by atoms with Gasteiger partial charge in [0.1, 0.15) is 43.0 Å². The number of fused-ring (bicyclic) bond motifs is 6. The van der Waals surface area contributed by atoms with Crippen LogP contribution in [0.15, 0.2) is 60.8 Å². The van der Waals surface area contributed by atoms with Crippen molar-refractivity contribution in [2.45, 2.75) is 105 Å². The Hall–Kier alpha value is -5.28. The Kier molecular flexibility index (Phi) is 13.9. The smallest absolute Gasteiger partial charge is 0.407 e. The molecule has 4 amide bonds. The fourth-order valence-corrected chi connectivity index (χ4v) is 16.3. The molecule has 2 saturated heterocycles. The molecule has 5 aromatic rings. The summed E-state index contributed by atoms with van der Waals surface area (Å²) in [5.41, 5.74) is 1.74. The Morgan fingerprint density at radius 1 is 0.654 bits per heavy atom. The molecule has 3 aromatic carbocycles. The molecule has 5 aliphatic rings. The maximum absolute atomic E-state index is 17.1. The predicted molar refractivity (Wildman–Crippen MR) is 358 cm³/mol. The molecule has 0 radical (unpaired) electrons. The molecule has 14 nitrogen and oxygen atoms in total. The number of aromatic amines is 2. The summed E-state index contributed by atoms with van der Waals surface area (Å²) in [6.07, 6.45) is 5.53. The third-order valence-corrected chi connectivity index (χ3v) is 21.8. The van der Waals surface area contributed by atoms with Crippen LogP contribution < -0.4 is 10.6 Å². The van der Waals surface area contributed by atoms with Gasteiger partial charge in [0.2, 0.25) is 11.8 Å². The van der Waals surface area contributed by atoms with Crippen LogP contribution in [0.3, 0.4) is 0 Å². The van der Waals surface area contributed by atoms with Crippen LogP contribution >= 0.6 is 0 Å². The van der Waals surface area contributed by atoms with Crippen LogP contribution in [-0.4, -0.2) is 217 Å². The highest BCUT2D eigenvalue weighted by Gasteiger charge is 2.66. The molecule has 6 atom stereocenters. The number of hydrogen-bond acceptors (Lipinski definition) is 8. The summed E-state index contributed by atoms with van der Waals surface area (Å²) in [7, 11) is 35.7. The minimum atomic E-state index is -3.33. The molecule has 1 spiro atoms. The first-order chi connectivity index (χ1) is 37.4. The number of carbonyl (C=O) groups excluding carboxylic acids is 4. The van der Waals surface area contributed by atoms with E-state index in [1.165, 1.54) is 14.2 Å². The standard InChI is InChI=1S/C49H70B16F2N8O6/c1-80-38(78)72-42(50,44(52,46(54,55)56)47(57,58)59)36(76)74-19-40(11-12-40)17-32(74)34-68-18-31(71-34)22-5-9-26-25-8-4-20(14-27(25)41(66,67)28(26)15-22)21-6-10-29-30(16-21)70-35(69-29)33-23-3-7-24(13-23)75(33)37(77)43(51,73-39(79)81-2)45(53,48(60,61)62)49(63,64)65/h4-6,8-10,14-16,18,23-24,32-33H,3,7,11-13,17,19,50-65H2,1-2H3,(H,68,71)(H,69,70)(H,72,78)(H,73,79)/t23-,24+,32-,33-,42?,43?/m0/s1. The molecule has 81 heavy (non-hydrogen) atoms. The summed E-state index contributed by atoms with van der Waals surface area (Å²) in [6, 6.07) is 15.2. The zero-order chi connectivity index (χ0) is 59.4. The van der Waals surface area contributed by atoms with Gasteiger partial charge in [-0.3, -0.25) is 9.59 Å². The highest BCUT2D eigenvalue weighted by molar-refractivity contribution is 6.72. The number of imidazole rings is 2. The number of alkyl halides is 2. The highest BCUT2D eigenvalue weighted by Crippen LogP contribution is 2.65. The number of H-pyrrole nitrogens is 2. The average molecular weight is 1080 g/mol. The molecular weight excluding hydrogens is 1010 g/mol. The van der Waals surface area contributed by atoms with E-state index in [1.54, 1.807) is 30.5 Å². The van der Waals surface area contributed by atoms with Gasteiger partial charge in [0.15, 0.2) is 0 Å². The Labute approximate surface area is 489 Å². The number of alkyl carbamates (subject to hydrolysis) is 2. The lowest BCUT2D eigenvalue weighted by molar-refractivity contribution is -0.141. The van der Waals surface area contributed by atoms with Crippen molar-refractivity contribution in [3.63, 3.8) is 0 Å². The van der Waals surface area contributed by atoms with E-state index in [2.05, 4.69) is 130 Å². The maximum atomic E-state index is 17.1. The van der Waals surface area contributed by atoms with E-state index in [0.717, 1.165) is 43.2 Å². The summed E-state index contributed by atoms with van der Waals surface area (Å²) < 4.78 is 44.5. The van der Waals surface area contributed by atoms with Crippen molar-refractivity contribution >= 4 is 161 Å². The number of amides is 4. The van der Waals surface area contributed by atoms with Gasteiger partial charge in [-0.15, -0.1) is 20.5 Å². The van der Waals surface area contributed by atoms with Gasteiger partial charge in [0, 0.05) is 29.3 Å². The van der Waals surface area contributed by atoms with Crippen molar-refractivity contribution in [1.82, 2.24) is 40.4 Å². The molecule has 2 aliphatic heterocycles. The average Bonchev–Trinajstić information content (AvgIpc) is 2.11. The number of carbonyl (C=O) groups is 4. The zero-order valence-corrected chi connectivity index (χ0v) is 51.0. The van der Waals surface area contributed by atoms with Crippen LogP contribution in [0.5, 0.6) is 0 Å². The van der Waals surface area contributed by atoms with Crippen LogP contribution in [0.4, 0.5) is 18.4 Å². The van der Waals surface area contributed by atoms with Crippen LogP contribution in [0, 0.1) is 11.3 Å². The van der Waals surface area contributed by atoms with Gasteiger partial charge < -0.3 is 39.9 Å². The number of piperidine rings is 1. The number of ether oxygens (including phenoxy) is 2. The quantitative estimate of drug-likeness (QED) is 0.0795. The number of nitrogens with one attached hydrogen (secondary N) is 4. The van der Waals surface area contributed by atoms with E-state index >= 15 is 18.4 Å². The van der Waals surface area contributed by atoms with Crippen molar-refractivity contribution in [1.29, 1.82) is 0 Å². The lowest BCUT2D eigenvalue weighted by Gasteiger charge is -2.63. The summed E-state index contributed by atoms with van der Waals surface area (Å²) >= 11 is 0. The molecule has 4 fully saturated rings. The number of nitrogens with zero attached hydrogens (tertiary/aromatic N) is 4. The van der Waals surface area contributed by atoms with Gasteiger partial charge in [0.05, 0.1) is 154 Å². The van der Waals surface area contributed by atoms with Crippen LogP contribution in [0.25, 0.3) is 44.5 Å². The van der Waals surface area contributed by atoms with E-state index in [9.17, 15) is 9.59 Å². The number of benzene rings is 3. The van der Waals surface area contributed by atoms with Crippen molar-refractivity contribution < 1.29 is 37.4 Å². The molecule has 404 valence electrons. The third-order valence-electron chi connectivity index (χ3n) is 21.8. The number of halogens is 2. The topological polar surface area (TPSA) is 175 Å². The van der Waals surface area contributed by atoms with Crippen molar-refractivity contribution in [3.8, 4) is 33.5 Å². The molecule has 2 unspecified atom stereocenters. The predicted octanol–water partition coefficient (Wildman–Crippen LogP) is -7.31. The van der Waals surface area contributed by atoms with E-state index in [1.807, 2.05) is 55.8 Å². The molecule has 2 saturated carbocycles. The van der Waals surface area contributed by atoms with Crippen LogP contribution in [0.1, 0.15) is 73.4 Å². The molecule has 32 heteroatoms. The third kappa shape index (κ3) is 8.90. The van der Waals surface area contributed by atoms with Crippen LogP contribution in [-0.2, 0) is 25.0 Å². The maximum Gasteiger partial charge on any atom is 0.407 e. The van der Waals surface area contributed by atoms with Crippen LogP contribution in [0.2, 0.25) is 31.1 Å². The largest absolute Gasteiger partial charge is 0.453 e. The van der Waals surface area contributed by atoms with Gasteiger partial charge in [-0.25, -0.2) is 19.6 Å². The van der Waals surface area contributed by atoms with Gasteiger partial charge in [0.25, 0.3) is 5.92 Å². The Morgan fingerprint density at radius 2 is 1.16 bits per heavy atom. The summed E-state index contributed by atoms with van der Waals surface area (Å²) in [6.45, 7) is 0.508. The first kappa shape index (κ1) is 58.9. The lowest BCUT2D eigenvalue weighted by atomic mass is 9.11. The number of rotatable bonds is 14. The van der Waals surface area contributed by atoms with E-state index in [-0.39, 0.29) is 46.4 Å². The van der Waals surface area contributed by atoms with Gasteiger partial charge in [-0.05, 0) is 96.4 Å². The molecule has 10 rings (SSSR count). The molecule has 4 heterocycles. The van der Waals surface area contributed by atoms with Crippen molar-refractivity contribution in [3.05, 3.63) is 83.6 Å². The first-order valence-corrected chi connectivity index (χ1v) is 29.0. The van der Waals surface area contributed by atoms with Gasteiger partial charge in [-0.2, -0.15) is 8.78 Å². The summed E-state index contributed by atoms with van der Waals surface area (Å²) in [5.74, 6) is -2.35. The fraction of sp³-hybridized carbons (Fsp3) is 0.469. The molecular formula is C49H70B16F2N8O6. The van der Waals surface area contributed by atoms with E-state index in [0.29, 0.717) is 58.1 Å². The normalized spacial score (nSPS) is 22.6. The Morgan fingerprint density at radius 3 is 1.69 bits per heavy atom. The SMILES string of the molecule is BC(B)(B)C(B)(C(B)(B)B)C(B)(NC(=O)OC)C(=O)N1CC2(CC2)C[C@H]1c1ncc(-c2ccc3c(c2)C(F)(F)c2cc(-c4ccc5nc([C@@H]6[C@H]7CC[C@H](C7)N6C(=O)C(B)(NC(=O)OC)C(B)(C(B)(B)B)C(B)(B)B)[nH]c5c4)ccc2-3)[nH]1. The molecule has 3 aliphatic carbocycles. The number of hydrogen-bond donors (Lipinski definition) is 4. The van der Waals surface area contributed by atoms with Crippen molar-refractivity contribution in [2.24, 2.45) is 11.3 Å². The van der Waals surface area contributed by atoms with Crippen molar-refractivity contribution in [2.75, 3.05) is 20.8 Å². The fourth-order valence-electron chi connectivity index (χ4n) is 16.3. The highest BCUT2D eigenvalue weighted by atomic mass is 19.3. The summed E-state index contributed by atoms with van der Waals surface area (Å²) in [5, 5.41) is 2.75. The zero-order valence-electron chi connectivity index (χ0n) is 51.0. The second kappa shape index (κ2) is 19.1. The monoisotopic (exact) mass is 1080 g/mol. The van der Waals surface area contributed by atoms with E-state index < -0.39 is 66.1 Å². The summed E-state index contributed by atoms with van der Waals surface area (Å²) in [4.78, 5) is 78.3. The second-order valence-corrected chi connectivity index (χ2v) is 29.4. The molecule has 4 N–H and O–H groups in total. The van der Waals surface area contributed by atoms with E-state index in [4.69, 9.17) is 19.4 Å². The van der Waals surface area contributed by atoms with Gasteiger partial charge >= 0.3 is 12.2 Å². The Balaban J connectivity index is 0.928. The Bertz CT molecular complexity index is 3390. The van der Waals surface area contributed by atoms with Gasteiger partial charge in [-0.1, -0.05) is 41.0 Å². The minimum absolute atomic E-state index is 0.0370. The number of methoxy groups -OCH3 is 2.